The molecular formula is C30H36N12O2. The summed E-state index contributed by atoms with van der Waals surface area (Å²) in [4.78, 5) is 25.5. The van der Waals surface area contributed by atoms with E-state index in [4.69, 9.17) is 24.4 Å². The van der Waals surface area contributed by atoms with Gasteiger partial charge in [-0.15, -0.1) is 5.10 Å². The zero-order valence-electron chi connectivity index (χ0n) is 25.0. The maximum Gasteiger partial charge on any atom is 0.225 e. The van der Waals surface area contributed by atoms with Crippen LogP contribution >= 0.6 is 0 Å². The molecule has 6 heterocycles. The standard InChI is InChI=1S/C30H36N12O2/c1-38-7-9-40(10-8-38)11-13-43-25-5-3-22(4-6-25)23-15-32-30(33-16-23)41-12-14-44-26(20-41)21-42-29-28(36-37-42)31-18-27(35-29)24-17-34-39(2)19-24/h3-6,15-19,26H,7-14,20-21H2,1-2H3. The van der Waals surface area contributed by atoms with Crippen LogP contribution in [0.25, 0.3) is 33.7 Å². The van der Waals surface area contributed by atoms with Gasteiger partial charge in [-0.25, -0.2) is 24.6 Å². The molecular weight excluding hydrogens is 560 g/mol. The highest BCUT2D eigenvalue weighted by Gasteiger charge is 2.24. The number of nitrogens with zero attached hydrogens (tertiary/aromatic N) is 12. The van der Waals surface area contributed by atoms with E-state index in [9.17, 15) is 0 Å². The number of anilines is 1. The number of rotatable bonds is 9. The van der Waals surface area contributed by atoms with Crippen molar-refractivity contribution in [2.24, 2.45) is 7.05 Å². The van der Waals surface area contributed by atoms with Gasteiger partial charge in [-0.2, -0.15) is 5.10 Å². The highest BCUT2D eigenvalue weighted by Crippen LogP contribution is 2.24. The highest BCUT2D eigenvalue weighted by atomic mass is 16.5. The Hall–Kier alpha value is -4.53. The summed E-state index contributed by atoms with van der Waals surface area (Å²) < 4.78 is 15.6. The van der Waals surface area contributed by atoms with Gasteiger partial charge in [0, 0.05) is 82.6 Å². The van der Waals surface area contributed by atoms with E-state index in [2.05, 4.69) is 54.3 Å². The molecule has 2 saturated heterocycles. The van der Waals surface area contributed by atoms with Crippen molar-refractivity contribution in [1.82, 2.24) is 54.5 Å². The lowest BCUT2D eigenvalue weighted by atomic mass is 10.1. The van der Waals surface area contributed by atoms with E-state index in [1.807, 2.05) is 37.8 Å². The number of aryl methyl sites for hydroxylation is 1. The molecule has 7 rings (SSSR count). The van der Waals surface area contributed by atoms with Crippen LogP contribution in [0.15, 0.2) is 55.2 Å². The van der Waals surface area contributed by atoms with Crippen molar-refractivity contribution >= 4 is 17.2 Å². The van der Waals surface area contributed by atoms with Crippen LogP contribution in [0, 0.1) is 0 Å². The van der Waals surface area contributed by atoms with Gasteiger partial charge in [-0.05, 0) is 24.7 Å². The quantitative estimate of drug-likeness (QED) is 0.245. The Morgan fingerprint density at radius 2 is 1.70 bits per heavy atom. The number of benzene rings is 1. The predicted octanol–water partition coefficient (Wildman–Crippen LogP) is 1.61. The van der Waals surface area contributed by atoms with E-state index in [0.29, 0.717) is 50.1 Å². The Labute approximate surface area is 255 Å². The van der Waals surface area contributed by atoms with Crippen LogP contribution in [0.3, 0.4) is 0 Å². The Bertz CT molecular complexity index is 1680. The van der Waals surface area contributed by atoms with Gasteiger partial charge < -0.3 is 19.3 Å². The number of ether oxygens (including phenoxy) is 2. The fraction of sp³-hybridized carbons (Fsp3) is 0.433. The van der Waals surface area contributed by atoms with Gasteiger partial charge in [-0.1, -0.05) is 17.3 Å². The van der Waals surface area contributed by atoms with Crippen molar-refractivity contribution in [3.63, 3.8) is 0 Å². The molecule has 44 heavy (non-hydrogen) atoms. The maximum absolute atomic E-state index is 6.08. The minimum atomic E-state index is -0.135. The molecule has 0 spiro atoms. The highest BCUT2D eigenvalue weighted by molar-refractivity contribution is 5.69. The van der Waals surface area contributed by atoms with E-state index in [0.717, 1.165) is 60.9 Å². The number of morpholine rings is 1. The topological polar surface area (TPSA) is 128 Å². The molecule has 1 atom stereocenters. The lowest BCUT2D eigenvalue weighted by molar-refractivity contribution is 0.0273. The van der Waals surface area contributed by atoms with Gasteiger partial charge in [0.15, 0.2) is 5.65 Å². The van der Waals surface area contributed by atoms with Crippen LogP contribution < -0.4 is 9.64 Å². The summed E-state index contributed by atoms with van der Waals surface area (Å²) in [6, 6.07) is 8.13. The number of piperazine rings is 1. The van der Waals surface area contributed by atoms with Crippen LogP contribution in [-0.2, 0) is 18.3 Å². The molecule has 0 saturated carbocycles. The zero-order chi connectivity index (χ0) is 29.9. The van der Waals surface area contributed by atoms with Crippen molar-refractivity contribution in [2.75, 3.05) is 71.0 Å². The second kappa shape index (κ2) is 12.6. The van der Waals surface area contributed by atoms with Crippen LogP contribution in [0.4, 0.5) is 5.95 Å². The third kappa shape index (κ3) is 6.37. The molecule has 1 unspecified atom stereocenters. The first-order valence-electron chi connectivity index (χ1n) is 15.0. The van der Waals surface area contributed by atoms with Crippen LogP contribution in [-0.4, -0.2) is 127 Å². The van der Waals surface area contributed by atoms with Gasteiger partial charge in [0.25, 0.3) is 0 Å². The van der Waals surface area contributed by atoms with E-state index in [1.54, 1.807) is 21.8 Å². The summed E-state index contributed by atoms with van der Waals surface area (Å²) in [7, 11) is 4.04. The van der Waals surface area contributed by atoms with Crippen LogP contribution in [0.2, 0.25) is 0 Å². The van der Waals surface area contributed by atoms with Gasteiger partial charge in [-0.3, -0.25) is 9.58 Å². The molecule has 0 amide bonds. The minimum Gasteiger partial charge on any atom is -0.492 e. The third-order valence-electron chi connectivity index (χ3n) is 8.12. The van der Waals surface area contributed by atoms with Crippen LogP contribution in [0.5, 0.6) is 5.75 Å². The largest absolute Gasteiger partial charge is 0.492 e. The summed E-state index contributed by atoms with van der Waals surface area (Å²) in [5, 5.41) is 12.7. The summed E-state index contributed by atoms with van der Waals surface area (Å²) in [5.41, 5.74) is 4.72. The van der Waals surface area contributed by atoms with Gasteiger partial charge >= 0.3 is 0 Å². The molecule has 0 bridgehead atoms. The molecule has 0 N–H and O–H groups in total. The Morgan fingerprint density at radius 3 is 2.48 bits per heavy atom. The molecule has 14 heteroatoms. The number of hydrogen-bond donors (Lipinski definition) is 0. The number of aromatic nitrogens is 9. The second-order valence-electron chi connectivity index (χ2n) is 11.3. The molecule has 228 valence electrons. The Morgan fingerprint density at radius 1 is 0.886 bits per heavy atom. The monoisotopic (exact) mass is 596 g/mol. The maximum atomic E-state index is 6.08. The Balaban J connectivity index is 0.950. The first-order valence-corrected chi connectivity index (χ1v) is 15.0. The third-order valence-corrected chi connectivity index (χ3v) is 8.12. The smallest absolute Gasteiger partial charge is 0.225 e. The zero-order valence-corrected chi connectivity index (χ0v) is 25.0. The predicted molar refractivity (Wildman–Crippen MR) is 164 cm³/mol. The summed E-state index contributed by atoms with van der Waals surface area (Å²) in [6.45, 7) is 8.45. The fourth-order valence-corrected chi connectivity index (χ4v) is 5.52. The van der Waals surface area contributed by atoms with Gasteiger partial charge in [0.1, 0.15) is 12.4 Å². The van der Waals surface area contributed by atoms with Crippen molar-refractivity contribution in [2.45, 2.75) is 12.6 Å². The van der Waals surface area contributed by atoms with Crippen molar-refractivity contribution in [1.29, 1.82) is 0 Å². The van der Waals surface area contributed by atoms with E-state index < -0.39 is 0 Å². The number of hydrogen-bond acceptors (Lipinski definition) is 12. The first-order chi connectivity index (χ1) is 21.6. The average Bonchev–Trinajstić information content (AvgIpc) is 3.68. The first kappa shape index (κ1) is 28.3. The molecule has 2 aliphatic heterocycles. The Kier molecular flexibility index (Phi) is 8.09. The number of fused-ring (bicyclic) bond motifs is 1. The molecule has 1 aromatic carbocycles. The van der Waals surface area contributed by atoms with Crippen molar-refractivity contribution in [3.05, 3.63) is 55.2 Å². The fourth-order valence-electron chi connectivity index (χ4n) is 5.52. The molecule has 14 nitrogen and oxygen atoms in total. The van der Waals surface area contributed by atoms with Gasteiger partial charge in [0.05, 0.1) is 37.3 Å². The van der Waals surface area contributed by atoms with Crippen molar-refractivity contribution in [3.8, 4) is 28.1 Å². The molecule has 0 aliphatic carbocycles. The van der Waals surface area contributed by atoms with E-state index in [-0.39, 0.29) is 6.10 Å². The lowest BCUT2D eigenvalue weighted by Crippen LogP contribution is -2.45. The summed E-state index contributed by atoms with van der Waals surface area (Å²) in [6.07, 6.45) is 8.96. The number of likely N-dealkylation sites (N-methyl/N-ethyl adjacent to an activating group) is 1. The van der Waals surface area contributed by atoms with E-state index in [1.165, 1.54) is 0 Å². The average molecular weight is 597 g/mol. The lowest BCUT2D eigenvalue weighted by Gasteiger charge is -2.32. The van der Waals surface area contributed by atoms with Crippen molar-refractivity contribution < 1.29 is 9.47 Å². The molecule has 4 aromatic heterocycles. The molecule has 5 aromatic rings. The van der Waals surface area contributed by atoms with Gasteiger partial charge in [0.2, 0.25) is 11.6 Å². The second-order valence-corrected chi connectivity index (χ2v) is 11.3. The normalized spacial score (nSPS) is 18.2. The van der Waals surface area contributed by atoms with Crippen LogP contribution in [0.1, 0.15) is 0 Å². The van der Waals surface area contributed by atoms with E-state index >= 15 is 0 Å². The summed E-state index contributed by atoms with van der Waals surface area (Å²) >= 11 is 0. The molecule has 2 fully saturated rings. The molecule has 0 radical (unpaired) electrons. The summed E-state index contributed by atoms with van der Waals surface area (Å²) in [5.74, 6) is 1.55. The molecule has 2 aliphatic rings. The minimum absolute atomic E-state index is 0.135. The SMILES string of the molecule is CN1CCN(CCOc2ccc(-c3cnc(N4CCOC(Cn5nnc6ncc(-c7cnn(C)c7)nc65)C4)nc3)cc2)CC1.